The summed E-state index contributed by atoms with van der Waals surface area (Å²) in [6, 6.07) is 1.30. The highest BCUT2D eigenvalue weighted by molar-refractivity contribution is 5.88. The number of nitrogens with zero attached hydrogens (tertiary/aromatic N) is 2. The molecule has 5 nitrogen and oxygen atoms in total. The third kappa shape index (κ3) is 5.09. The van der Waals surface area contributed by atoms with E-state index in [1.165, 1.54) is 25.7 Å². The number of ether oxygens (including phenoxy) is 1. The molecular formula is C18H24F3N3O2. The van der Waals surface area contributed by atoms with Gasteiger partial charge in [0.05, 0.1) is 11.7 Å². The van der Waals surface area contributed by atoms with Gasteiger partial charge in [-0.1, -0.05) is 12.8 Å². The standard InChI is InChI=1S/C18H24F3N3O2/c19-18(20,21)14-5-8-22-16(11-14)23-17(25)24-9-6-15(7-10-24)26-12-13-3-1-2-4-13/h5,8,11,13,15H,1-4,6-7,9-10,12H2,(H,22,23,25). The Morgan fingerprint density at radius 2 is 1.92 bits per heavy atom. The zero-order valence-electron chi connectivity index (χ0n) is 14.6. The quantitative estimate of drug-likeness (QED) is 0.858. The third-order valence-corrected chi connectivity index (χ3v) is 5.09. The number of carbonyl (C=O) groups is 1. The molecule has 0 atom stereocenters. The van der Waals surface area contributed by atoms with Crippen LogP contribution in [-0.4, -0.2) is 41.7 Å². The maximum atomic E-state index is 12.7. The maximum absolute atomic E-state index is 12.7. The van der Waals surface area contributed by atoms with Crippen molar-refractivity contribution in [3.05, 3.63) is 23.9 Å². The van der Waals surface area contributed by atoms with Crippen LogP contribution in [0, 0.1) is 5.92 Å². The van der Waals surface area contributed by atoms with Crippen molar-refractivity contribution in [2.24, 2.45) is 5.92 Å². The first-order valence-corrected chi connectivity index (χ1v) is 9.12. The molecule has 1 N–H and O–H groups in total. The van der Waals surface area contributed by atoms with E-state index in [-0.39, 0.29) is 11.9 Å². The molecule has 2 aliphatic rings. The van der Waals surface area contributed by atoms with Crippen molar-refractivity contribution in [2.45, 2.75) is 50.8 Å². The van der Waals surface area contributed by atoms with Crippen molar-refractivity contribution in [3.63, 3.8) is 0 Å². The van der Waals surface area contributed by atoms with E-state index in [9.17, 15) is 18.0 Å². The Balaban J connectivity index is 1.45. The van der Waals surface area contributed by atoms with Gasteiger partial charge in [-0.05, 0) is 43.7 Å². The van der Waals surface area contributed by atoms with Crippen molar-refractivity contribution < 1.29 is 22.7 Å². The van der Waals surface area contributed by atoms with Gasteiger partial charge in [0.1, 0.15) is 5.82 Å². The van der Waals surface area contributed by atoms with Gasteiger partial charge in [-0.25, -0.2) is 9.78 Å². The number of hydrogen-bond acceptors (Lipinski definition) is 3. The first-order chi connectivity index (χ1) is 12.4. The number of amides is 2. The van der Waals surface area contributed by atoms with Crippen LogP contribution >= 0.6 is 0 Å². The van der Waals surface area contributed by atoms with Gasteiger partial charge in [-0.15, -0.1) is 0 Å². The minimum Gasteiger partial charge on any atom is -0.378 e. The summed E-state index contributed by atoms with van der Waals surface area (Å²) in [5.74, 6) is 0.577. The molecule has 1 aliphatic carbocycles. The summed E-state index contributed by atoms with van der Waals surface area (Å²) in [5.41, 5.74) is -0.832. The molecule has 1 saturated heterocycles. The normalized spacial score (nSPS) is 19.7. The number of carbonyl (C=O) groups excluding carboxylic acids is 1. The van der Waals surface area contributed by atoms with Gasteiger partial charge in [0, 0.05) is 25.9 Å². The molecule has 2 fully saturated rings. The van der Waals surface area contributed by atoms with Gasteiger partial charge in [-0.3, -0.25) is 5.32 Å². The predicted octanol–water partition coefficient (Wildman–Crippen LogP) is 4.30. The minimum atomic E-state index is -4.46. The zero-order valence-corrected chi connectivity index (χ0v) is 14.6. The Hall–Kier alpha value is -1.83. The Kier molecular flexibility index (Phi) is 6.01. The lowest BCUT2D eigenvalue weighted by Gasteiger charge is -2.32. The number of urea groups is 1. The number of alkyl halides is 3. The molecule has 0 unspecified atom stereocenters. The molecule has 1 saturated carbocycles. The van der Waals surface area contributed by atoms with Gasteiger partial charge < -0.3 is 9.64 Å². The van der Waals surface area contributed by atoms with E-state index < -0.39 is 17.8 Å². The summed E-state index contributed by atoms with van der Waals surface area (Å²) in [7, 11) is 0. The second-order valence-corrected chi connectivity index (χ2v) is 7.03. The van der Waals surface area contributed by atoms with Crippen molar-refractivity contribution >= 4 is 11.8 Å². The fourth-order valence-corrected chi connectivity index (χ4v) is 3.54. The average molecular weight is 371 g/mol. The van der Waals surface area contributed by atoms with Crippen molar-refractivity contribution in [3.8, 4) is 0 Å². The van der Waals surface area contributed by atoms with Crippen LogP contribution < -0.4 is 5.32 Å². The van der Waals surface area contributed by atoms with Crippen molar-refractivity contribution in [1.29, 1.82) is 0 Å². The first-order valence-electron chi connectivity index (χ1n) is 9.12. The second-order valence-electron chi connectivity index (χ2n) is 7.03. The Bertz CT molecular complexity index is 610. The lowest BCUT2D eigenvalue weighted by molar-refractivity contribution is -0.137. The van der Waals surface area contributed by atoms with Crippen LogP contribution in [0.25, 0.3) is 0 Å². The number of piperidine rings is 1. The molecule has 144 valence electrons. The SMILES string of the molecule is O=C(Nc1cc(C(F)(F)F)ccn1)N1CCC(OCC2CCCC2)CC1. The number of hydrogen-bond donors (Lipinski definition) is 1. The number of nitrogens with one attached hydrogen (secondary N) is 1. The molecule has 1 aromatic heterocycles. The topological polar surface area (TPSA) is 54.5 Å². The van der Waals surface area contributed by atoms with Crippen LogP contribution in [0.3, 0.4) is 0 Å². The first kappa shape index (κ1) is 18.9. The Morgan fingerprint density at radius 1 is 1.23 bits per heavy atom. The van der Waals surface area contributed by atoms with Gasteiger partial charge in [0.15, 0.2) is 0 Å². The fourth-order valence-electron chi connectivity index (χ4n) is 3.54. The van der Waals surface area contributed by atoms with E-state index >= 15 is 0 Å². The molecule has 0 bridgehead atoms. The maximum Gasteiger partial charge on any atom is 0.416 e. The number of likely N-dealkylation sites (tertiary alicyclic amines) is 1. The van der Waals surface area contributed by atoms with Gasteiger partial charge in [-0.2, -0.15) is 13.2 Å². The molecule has 26 heavy (non-hydrogen) atoms. The van der Waals surface area contributed by atoms with Crippen molar-refractivity contribution in [1.82, 2.24) is 9.88 Å². The second kappa shape index (κ2) is 8.24. The van der Waals surface area contributed by atoms with Gasteiger partial charge in [0.2, 0.25) is 0 Å². The molecule has 8 heteroatoms. The summed E-state index contributed by atoms with van der Waals surface area (Å²) in [4.78, 5) is 17.6. The molecule has 0 radical (unpaired) electrons. The van der Waals surface area contributed by atoms with E-state index in [2.05, 4.69) is 10.3 Å². The number of rotatable bonds is 4. The molecule has 1 aromatic rings. The number of anilines is 1. The number of pyridine rings is 1. The van der Waals surface area contributed by atoms with E-state index in [0.29, 0.717) is 19.0 Å². The molecule has 2 heterocycles. The monoisotopic (exact) mass is 371 g/mol. The average Bonchev–Trinajstić information content (AvgIpc) is 3.13. The smallest absolute Gasteiger partial charge is 0.378 e. The molecule has 1 aliphatic heterocycles. The van der Waals surface area contributed by atoms with Gasteiger partial charge >= 0.3 is 12.2 Å². The summed E-state index contributed by atoms with van der Waals surface area (Å²) in [6.45, 7) is 1.85. The minimum absolute atomic E-state index is 0.0931. The van der Waals surface area contributed by atoms with Crippen LogP contribution in [0.1, 0.15) is 44.1 Å². The Morgan fingerprint density at radius 3 is 2.58 bits per heavy atom. The number of aromatic nitrogens is 1. The summed E-state index contributed by atoms with van der Waals surface area (Å²) in [5, 5.41) is 2.45. The van der Waals surface area contributed by atoms with Crippen LogP contribution in [0.2, 0.25) is 0 Å². The lowest BCUT2D eigenvalue weighted by atomic mass is 10.1. The van der Waals surface area contributed by atoms with Crippen LogP contribution in [0.5, 0.6) is 0 Å². The highest BCUT2D eigenvalue weighted by Gasteiger charge is 2.31. The molecule has 3 rings (SSSR count). The highest BCUT2D eigenvalue weighted by Crippen LogP contribution is 2.30. The summed E-state index contributed by atoms with van der Waals surface area (Å²) >= 11 is 0. The fraction of sp³-hybridized carbons (Fsp3) is 0.667. The van der Waals surface area contributed by atoms with Crippen LogP contribution in [-0.2, 0) is 10.9 Å². The summed E-state index contributed by atoms with van der Waals surface area (Å²) < 4.78 is 44.1. The van der Waals surface area contributed by atoms with E-state index in [4.69, 9.17) is 4.74 Å². The zero-order chi connectivity index (χ0) is 18.6. The Labute approximate surface area is 150 Å². The summed E-state index contributed by atoms with van der Waals surface area (Å²) in [6.07, 6.45) is 3.29. The highest BCUT2D eigenvalue weighted by atomic mass is 19.4. The lowest BCUT2D eigenvalue weighted by Crippen LogP contribution is -2.43. The van der Waals surface area contributed by atoms with E-state index in [1.54, 1.807) is 4.90 Å². The molecule has 0 spiro atoms. The number of halogens is 3. The third-order valence-electron chi connectivity index (χ3n) is 5.09. The van der Waals surface area contributed by atoms with Crippen LogP contribution in [0.4, 0.5) is 23.8 Å². The molecular weight excluding hydrogens is 347 g/mol. The van der Waals surface area contributed by atoms with E-state index in [1.807, 2.05) is 0 Å². The largest absolute Gasteiger partial charge is 0.416 e. The van der Waals surface area contributed by atoms with Gasteiger partial charge in [0.25, 0.3) is 0 Å². The van der Waals surface area contributed by atoms with Crippen molar-refractivity contribution in [2.75, 3.05) is 25.0 Å². The predicted molar refractivity (Wildman–Crippen MR) is 90.8 cm³/mol. The molecule has 0 aromatic carbocycles. The molecule has 2 amide bonds. The van der Waals surface area contributed by atoms with Crippen LogP contribution in [0.15, 0.2) is 18.3 Å². The van der Waals surface area contributed by atoms with E-state index in [0.717, 1.165) is 37.8 Å².